The van der Waals surface area contributed by atoms with E-state index in [2.05, 4.69) is 10.3 Å². The lowest BCUT2D eigenvalue weighted by molar-refractivity contribution is -0.124. The Morgan fingerprint density at radius 1 is 1.61 bits per heavy atom. The lowest BCUT2D eigenvalue weighted by atomic mass is 10.1. The van der Waals surface area contributed by atoms with E-state index in [1.807, 2.05) is 6.92 Å². The Labute approximate surface area is 113 Å². The number of thiazole rings is 1. The minimum absolute atomic E-state index is 0.0347. The minimum atomic E-state index is -1.04. The van der Waals surface area contributed by atoms with Crippen LogP contribution < -0.4 is 5.32 Å². The molecule has 0 radical (unpaired) electrons. The molecule has 0 spiro atoms. The summed E-state index contributed by atoms with van der Waals surface area (Å²) in [5.74, 6) is 0.989. The molecule has 2 heterocycles. The number of carbonyl (C=O) groups is 2. The van der Waals surface area contributed by atoms with Crippen molar-refractivity contribution in [2.45, 2.75) is 19.4 Å². The number of hydrogen-bond acceptors (Lipinski definition) is 5. The predicted octanol–water partition coefficient (Wildman–Crippen LogP) is 1.77. The average molecular weight is 286 g/mol. The molecular weight excluding hydrogens is 272 g/mol. The van der Waals surface area contributed by atoms with Crippen LogP contribution in [0.3, 0.4) is 0 Å². The lowest BCUT2D eigenvalue weighted by Crippen LogP contribution is -2.32. The molecule has 0 aliphatic carbocycles. The number of aromatic nitrogens is 1. The molecule has 0 bridgehead atoms. The molecule has 7 heteroatoms. The van der Waals surface area contributed by atoms with Crippen LogP contribution >= 0.6 is 23.1 Å². The molecule has 1 fully saturated rings. The molecule has 2 unspecified atom stereocenters. The van der Waals surface area contributed by atoms with Gasteiger partial charge in [-0.3, -0.25) is 4.79 Å². The molecule has 0 aromatic carbocycles. The second-order valence-electron chi connectivity index (χ2n) is 4.17. The molecule has 2 N–H and O–H groups in total. The molecule has 1 aromatic heterocycles. The molecule has 1 aliphatic rings. The Balaban J connectivity index is 1.95. The molecule has 98 valence electrons. The molecule has 1 saturated heterocycles. The average Bonchev–Trinajstić information content (AvgIpc) is 3.00. The van der Waals surface area contributed by atoms with Gasteiger partial charge in [-0.25, -0.2) is 9.78 Å². The summed E-state index contributed by atoms with van der Waals surface area (Å²) < 4.78 is 0. The van der Waals surface area contributed by atoms with Gasteiger partial charge in [0.2, 0.25) is 5.91 Å². The smallest absolute Gasteiger partial charge is 0.355 e. The monoisotopic (exact) mass is 286 g/mol. The Morgan fingerprint density at radius 3 is 2.94 bits per heavy atom. The summed E-state index contributed by atoms with van der Waals surface area (Å²) in [6.07, 6.45) is 0.918. The van der Waals surface area contributed by atoms with Gasteiger partial charge in [0.1, 0.15) is 5.01 Å². The van der Waals surface area contributed by atoms with Crippen LogP contribution in [0.2, 0.25) is 0 Å². The highest BCUT2D eigenvalue weighted by Crippen LogP contribution is 2.25. The number of aromatic carboxylic acids is 1. The maximum absolute atomic E-state index is 11.9. The van der Waals surface area contributed by atoms with Crippen LogP contribution in [0.4, 0.5) is 0 Å². The van der Waals surface area contributed by atoms with Gasteiger partial charge in [0.15, 0.2) is 5.69 Å². The van der Waals surface area contributed by atoms with Gasteiger partial charge in [0, 0.05) is 17.1 Å². The number of rotatable bonds is 4. The van der Waals surface area contributed by atoms with Crippen LogP contribution in [0.15, 0.2) is 5.38 Å². The van der Waals surface area contributed by atoms with Crippen molar-refractivity contribution in [2.24, 2.45) is 5.92 Å². The Bertz CT molecular complexity index is 455. The van der Waals surface area contributed by atoms with Gasteiger partial charge in [-0.2, -0.15) is 11.8 Å². The number of thioether (sulfide) groups is 1. The van der Waals surface area contributed by atoms with Crippen molar-refractivity contribution in [3.05, 3.63) is 16.1 Å². The summed E-state index contributed by atoms with van der Waals surface area (Å²) in [7, 11) is 0. The number of carbonyl (C=O) groups excluding carboxylic acids is 1. The summed E-state index contributed by atoms with van der Waals surface area (Å²) in [6.45, 7) is 1.82. The summed E-state index contributed by atoms with van der Waals surface area (Å²) in [4.78, 5) is 26.6. The highest BCUT2D eigenvalue weighted by Gasteiger charge is 2.25. The highest BCUT2D eigenvalue weighted by atomic mass is 32.2. The fraction of sp³-hybridized carbons (Fsp3) is 0.545. The second kappa shape index (κ2) is 5.71. The largest absolute Gasteiger partial charge is 0.476 e. The van der Waals surface area contributed by atoms with Crippen LogP contribution in [0.25, 0.3) is 0 Å². The van der Waals surface area contributed by atoms with Gasteiger partial charge < -0.3 is 10.4 Å². The minimum Gasteiger partial charge on any atom is -0.476 e. The zero-order valence-corrected chi connectivity index (χ0v) is 11.5. The van der Waals surface area contributed by atoms with E-state index in [-0.39, 0.29) is 23.6 Å². The van der Waals surface area contributed by atoms with E-state index in [1.54, 1.807) is 11.8 Å². The van der Waals surface area contributed by atoms with Gasteiger partial charge >= 0.3 is 5.97 Å². The third kappa shape index (κ3) is 3.02. The number of nitrogens with zero attached hydrogens (tertiary/aromatic N) is 1. The van der Waals surface area contributed by atoms with Crippen molar-refractivity contribution in [1.82, 2.24) is 10.3 Å². The van der Waals surface area contributed by atoms with Crippen molar-refractivity contribution >= 4 is 35.0 Å². The van der Waals surface area contributed by atoms with Crippen LogP contribution in [0.1, 0.15) is 34.9 Å². The molecule has 1 aliphatic heterocycles. The van der Waals surface area contributed by atoms with Gasteiger partial charge in [0.05, 0.1) is 6.04 Å². The Morgan fingerprint density at radius 2 is 2.39 bits per heavy atom. The van der Waals surface area contributed by atoms with Gasteiger partial charge in [-0.05, 0) is 19.1 Å². The Hall–Kier alpha value is -1.08. The normalized spacial score (nSPS) is 20.6. The van der Waals surface area contributed by atoms with E-state index in [9.17, 15) is 9.59 Å². The maximum atomic E-state index is 11.9. The van der Waals surface area contributed by atoms with Crippen molar-refractivity contribution in [2.75, 3.05) is 11.5 Å². The van der Waals surface area contributed by atoms with Crippen molar-refractivity contribution in [3.8, 4) is 0 Å². The fourth-order valence-electron chi connectivity index (χ4n) is 1.72. The van der Waals surface area contributed by atoms with Crippen molar-refractivity contribution < 1.29 is 14.7 Å². The third-order valence-corrected chi connectivity index (χ3v) is 4.96. The van der Waals surface area contributed by atoms with E-state index in [4.69, 9.17) is 5.11 Å². The lowest BCUT2D eigenvalue weighted by Gasteiger charge is -2.14. The molecule has 1 amide bonds. The second-order valence-corrected chi connectivity index (χ2v) is 6.21. The number of carboxylic acids is 1. The number of amides is 1. The van der Waals surface area contributed by atoms with Crippen LogP contribution in [0, 0.1) is 5.92 Å². The molecular formula is C11H14N2O3S2. The fourth-order valence-corrected chi connectivity index (χ4v) is 3.74. The van der Waals surface area contributed by atoms with Crippen LogP contribution in [-0.2, 0) is 4.79 Å². The summed E-state index contributed by atoms with van der Waals surface area (Å²) in [5.41, 5.74) is 0.0347. The number of carboxylic acid groups (broad SMARTS) is 1. The van der Waals surface area contributed by atoms with Crippen LogP contribution in [-0.4, -0.2) is 33.5 Å². The van der Waals surface area contributed by atoms with E-state index in [0.29, 0.717) is 5.01 Å². The zero-order valence-electron chi connectivity index (χ0n) is 9.88. The Kier molecular flexibility index (Phi) is 4.23. The number of nitrogens with one attached hydrogen (secondary N) is 1. The first-order chi connectivity index (χ1) is 8.58. The maximum Gasteiger partial charge on any atom is 0.355 e. The van der Waals surface area contributed by atoms with E-state index in [0.717, 1.165) is 17.9 Å². The van der Waals surface area contributed by atoms with E-state index < -0.39 is 5.97 Å². The molecule has 1 aromatic rings. The molecule has 18 heavy (non-hydrogen) atoms. The molecule has 2 atom stereocenters. The van der Waals surface area contributed by atoms with Gasteiger partial charge in [-0.1, -0.05) is 0 Å². The quantitative estimate of drug-likeness (QED) is 0.882. The first-order valence-corrected chi connectivity index (χ1v) is 7.68. The standard InChI is InChI=1S/C11H14N2O3S2/c1-6(10-13-8(5-18-10)11(15)16)12-9(14)7-2-3-17-4-7/h5-7H,2-4H2,1H3,(H,12,14)(H,15,16). The van der Waals surface area contributed by atoms with Crippen LogP contribution in [0.5, 0.6) is 0 Å². The highest BCUT2D eigenvalue weighted by molar-refractivity contribution is 7.99. The predicted molar refractivity (Wildman–Crippen MR) is 71.1 cm³/mol. The number of hydrogen-bond donors (Lipinski definition) is 2. The van der Waals surface area contributed by atoms with Gasteiger partial charge in [0.25, 0.3) is 0 Å². The van der Waals surface area contributed by atoms with Gasteiger partial charge in [-0.15, -0.1) is 11.3 Å². The summed E-state index contributed by atoms with van der Waals surface area (Å²) >= 11 is 3.05. The third-order valence-electron chi connectivity index (χ3n) is 2.77. The molecule has 0 saturated carbocycles. The van der Waals surface area contributed by atoms with E-state index in [1.165, 1.54) is 16.7 Å². The molecule has 2 rings (SSSR count). The SMILES string of the molecule is CC(NC(=O)C1CCSC1)c1nc(C(=O)O)cs1. The van der Waals surface area contributed by atoms with Crippen molar-refractivity contribution in [1.29, 1.82) is 0 Å². The summed E-state index contributed by atoms with van der Waals surface area (Å²) in [5, 5.41) is 13.8. The first kappa shape index (κ1) is 13.4. The summed E-state index contributed by atoms with van der Waals surface area (Å²) in [6, 6.07) is -0.235. The zero-order chi connectivity index (χ0) is 13.1. The topological polar surface area (TPSA) is 79.3 Å². The van der Waals surface area contributed by atoms with E-state index >= 15 is 0 Å². The molecule has 5 nitrogen and oxygen atoms in total. The first-order valence-electron chi connectivity index (χ1n) is 5.64. The van der Waals surface area contributed by atoms with Crippen molar-refractivity contribution in [3.63, 3.8) is 0 Å².